The summed E-state index contributed by atoms with van der Waals surface area (Å²) in [5, 5.41) is 0. The van der Waals surface area contributed by atoms with Crippen LogP contribution in [0.4, 0.5) is 0 Å². The van der Waals surface area contributed by atoms with Crippen molar-refractivity contribution in [3.8, 4) is 0 Å². The van der Waals surface area contributed by atoms with Crippen LogP contribution < -0.4 is 0 Å². The zero-order chi connectivity index (χ0) is 22.5. The molecule has 0 N–H and O–H groups in total. The maximum absolute atomic E-state index is 11.9. The Morgan fingerprint density at radius 3 is 1.83 bits per heavy atom. The summed E-state index contributed by atoms with van der Waals surface area (Å²) in [6.45, 7) is 5.72. The Morgan fingerprint density at radius 1 is 0.667 bits per heavy atom. The number of carbonyl (C=O) groups is 3. The molecule has 0 aromatic carbocycles. The monoisotopic (exact) mass is 424 g/mol. The molecule has 1 unspecified atom stereocenters. The van der Waals surface area contributed by atoms with Crippen LogP contribution >= 0.6 is 0 Å². The van der Waals surface area contributed by atoms with Crippen LogP contribution in [0.15, 0.2) is 24.3 Å². The molecule has 0 bridgehead atoms. The minimum Gasteiger partial charge on any atom is -0.462 e. The van der Waals surface area contributed by atoms with Gasteiger partial charge in [-0.05, 0) is 38.5 Å². The van der Waals surface area contributed by atoms with Crippen molar-refractivity contribution in [2.75, 3.05) is 13.2 Å². The molecule has 6 nitrogen and oxygen atoms in total. The summed E-state index contributed by atoms with van der Waals surface area (Å²) in [5.74, 6) is -1.12. The molecule has 6 heteroatoms. The van der Waals surface area contributed by atoms with Gasteiger partial charge in [-0.15, -0.1) is 0 Å². The van der Waals surface area contributed by atoms with Crippen LogP contribution in [0, 0.1) is 0 Å². The Kier molecular flexibility index (Phi) is 18.8. The van der Waals surface area contributed by atoms with Gasteiger partial charge in [0.25, 0.3) is 0 Å². The molecule has 30 heavy (non-hydrogen) atoms. The fourth-order valence-electron chi connectivity index (χ4n) is 2.51. The number of carbonyl (C=O) groups excluding carboxylic acids is 3. The molecule has 0 aromatic heterocycles. The summed E-state index contributed by atoms with van der Waals surface area (Å²) >= 11 is 0. The Bertz CT molecular complexity index is 524. The molecule has 0 aliphatic carbocycles. The largest absolute Gasteiger partial charge is 0.462 e. The van der Waals surface area contributed by atoms with E-state index in [1.54, 1.807) is 0 Å². The van der Waals surface area contributed by atoms with Crippen molar-refractivity contribution in [2.45, 2.75) is 97.5 Å². The highest BCUT2D eigenvalue weighted by Gasteiger charge is 2.18. The molecule has 172 valence electrons. The second-order valence-corrected chi connectivity index (χ2v) is 7.19. The highest BCUT2D eigenvalue weighted by Crippen LogP contribution is 2.05. The first kappa shape index (κ1) is 27.9. The van der Waals surface area contributed by atoms with Gasteiger partial charge in [0.05, 0.1) is 0 Å². The molecule has 0 aliphatic heterocycles. The highest BCUT2D eigenvalue weighted by atomic mass is 16.6. The van der Waals surface area contributed by atoms with Crippen molar-refractivity contribution in [1.82, 2.24) is 0 Å². The van der Waals surface area contributed by atoms with E-state index in [1.807, 2.05) is 26.0 Å². The Hall–Kier alpha value is -2.11. The maximum atomic E-state index is 11.9. The number of allylic oxidation sites excluding steroid dienone is 4. The fourth-order valence-corrected chi connectivity index (χ4v) is 2.51. The molecule has 0 radical (unpaired) electrons. The predicted octanol–water partition coefficient (Wildman–Crippen LogP) is 5.45. The standard InChI is InChI=1S/C24H40O6/c1-4-7-8-9-10-11-12-13-14-15-18-23(26)29-20-21(30-24(27)17-6-3)19-28-22(25)16-5-2/h10-11,13-14,21H,4-9,12,15-20H2,1-3H3/b11-10-,14-13-. The van der Waals surface area contributed by atoms with Gasteiger partial charge in [0, 0.05) is 19.3 Å². The van der Waals surface area contributed by atoms with Crippen molar-refractivity contribution >= 4 is 17.9 Å². The van der Waals surface area contributed by atoms with E-state index in [-0.39, 0.29) is 38.0 Å². The number of esters is 3. The second kappa shape index (κ2) is 20.2. The number of rotatable bonds is 18. The summed E-state index contributed by atoms with van der Waals surface area (Å²) in [6.07, 6.45) is 16.0. The van der Waals surface area contributed by atoms with Crippen LogP contribution in [0.1, 0.15) is 91.4 Å². The van der Waals surface area contributed by atoms with Crippen molar-refractivity contribution < 1.29 is 28.6 Å². The van der Waals surface area contributed by atoms with Gasteiger partial charge in [0.1, 0.15) is 13.2 Å². The second-order valence-electron chi connectivity index (χ2n) is 7.19. The van der Waals surface area contributed by atoms with Crippen LogP contribution in [0.3, 0.4) is 0 Å². The van der Waals surface area contributed by atoms with E-state index in [0.717, 1.165) is 12.8 Å². The number of hydrogen-bond donors (Lipinski definition) is 0. The highest BCUT2D eigenvalue weighted by molar-refractivity contribution is 5.71. The van der Waals surface area contributed by atoms with Crippen LogP contribution in [-0.2, 0) is 28.6 Å². The van der Waals surface area contributed by atoms with Crippen LogP contribution in [0.25, 0.3) is 0 Å². The minimum absolute atomic E-state index is 0.105. The fraction of sp³-hybridized carbons (Fsp3) is 0.708. The number of hydrogen-bond acceptors (Lipinski definition) is 6. The predicted molar refractivity (Wildman–Crippen MR) is 118 cm³/mol. The molecule has 0 saturated heterocycles. The Labute approximate surface area is 182 Å². The topological polar surface area (TPSA) is 78.9 Å². The summed E-state index contributed by atoms with van der Waals surface area (Å²) in [7, 11) is 0. The lowest BCUT2D eigenvalue weighted by atomic mass is 10.2. The minimum atomic E-state index is -0.776. The molecule has 0 saturated carbocycles. The van der Waals surface area contributed by atoms with E-state index in [2.05, 4.69) is 19.1 Å². The molecule has 0 amide bonds. The molecule has 0 rings (SSSR count). The zero-order valence-electron chi connectivity index (χ0n) is 19.0. The van der Waals surface area contributed by atoms with E-state index < -0.39 is 12.1 Å². The first-order chi connectivity index (χ1) is 14.5. The third-order valence-electron chi connectivity index (χ3n) is 4.16. The maximum Gasteiger partial charge on any atom is 0.306 e. The molecule has 1 atom stereocenters. The van der Waals surface area contributed by atoms with E-state index in [1.165, 1.54) is 19.3 Å². The molecule has 0 fully saturated rings. The van der Waals surface area contributed by atoms with Crippen LogP contribution in [0.5, 0.6) is 0 Å². The van der Waals surface area contributed by atoms with Crippen LogP contribution in [0.2, 0.25) is 0 Å². The SMILES string of the molecule is CCCCC/C=C\C/C=C\CCC(=O)OCC(COC(=O)CCC)OC(=O)CCC. The van der Waals surface area contributed by atoms with Gasteiger partial charge in [-0.2, -0.15) is 0 Å². The Balaban J connectivity index is 4.15. The van der Waals surface area contributed by atoms with Gasteiger partial charge in [-0.25, -0.2) is 0 Å². The van der Waals surface area contributed by atoms with Gasteiger partial charge in [0.2, 0.25) is 0 Å². The van der Waals surface area contributed by atoms with Gasteiger partial charge < -0.3 is 14.2 Å². The third kappa shape index (κ3) is 18.0. The van der Waals surface area contributed by atoms with Crippen molar-refractivity contribution in [1.29, 1.82) is 0 Å². The molecule has 0 spiro atoms. The van der Waals surface area contributed by atoms with E-state index in [9.17, 15) is 14.4 Å². The van der Waals surface area contributed by atoms with Gasteiger partial charge in [-0.3, -0.25) is 14.4 Å². The third-order valence-corrected chi connectivity index (χ3v) is 4.16. The first-order valence-corrected chi connectivity index (χ1v) is 11.3. The van der Waals surface area contributed by atoms with Gasteiger partial charge in [0.15, 0.2) is 6.10 Å². The molecule has 0 aromatic rings. The summed E-state index contributed by atoms with van der Waals surface area (Å²) in [6, 6.07) is 0. The van der Waals surface area contributed by atoms with Crippen molar-refractivity contribution in [2.24, 2.45) is 0 Å². The summed E-state index contributed by atoms with van der Waals surface area (Å²) in [5.41, 5.74) is 0. The molecule has 0 aliphatic rings. The summed E-state index contributed by atoms with van der Waals surface area (Å²) < 4.78 is 15.6. The first-order valence-electron chi connectivity index (χ1n) is 11.3. The lowest BCUT2D eigenvalue weighted by Crippen LogP contribution is -2.30. The van der Waals surface area contributed by atoms with E-state index >= 15 is 0 Å². The average Bonchev–Trinajstić information content (AvgIpc) is 2.71. The lowest BCUT2D eigenvalue weighted by molar-refractivity contribution is -0.166. The number of unbranched alkanes of at least 4 members (excludes halogenated alkanes) is 3. The summed E-state index contributed by atoms with van der Waals surface area (Å²) in [4.78, 5) is 35.2. The molecular formula is C24H40O6. The average molecular weight is 425 g/mol. The Morgan fingerprint density at radius 2 is 1.23 bits per heavy atom. The van der Waals surface area contributed by atoms with Crippen LogP contribution in [-0.4, -0.2) is 37.2 Å². The molecule has 0 heterocycles. The van der Waals surface area contributed by atoms with Gasteiger partial charge >= 0.3 is 17.9 Å². The zero-order valence-corrected chi connectivity index (χ0v) is 19.0. The lowest BCUT2D eigenvalue weighted by Gasteiger charge is -2.18. The van der Waals surface area contributed by atoms with E-state index in [0.29, 0.717) is 25.7 Å². The number of ether oxygens (including phenoxy) is 3. The normalized spacial score (nSPS) is 12.2. The van der Waals surface area contributed by atoms with Gasteiger partial charge in [-0.1, -0.05) is 57.9 Å². The quantitative estimate of drug-likeness (QED) is 0.126. The van der Waals surface area contributed by atoms with Crippen molar-refractivity contribution in [3.05, 3.63) is 24.3 Å². The smallest absolute Gasteiger partial charge is 0.306 e. The van der Waals surface area contributed by atoms with Crippen molar-refractivity contribution in [3.63, 3.8) is 0 Å². The van der Waals surface area contributed by atoms with E-state index in [4.69, 9.17) is 14.2 Å². The molecular weight excluding hydrogens is 384 g/mol.